The minimum Gasteiger partial charge on any atom is -0.355 e. The quantitative estimate of drug-likeness (QED) is 0.262. The lowest BCUT2D eigenvalue weighted by Crippen LogP contribution is -2.29. The fraction of sp³-hybridized carbons (Fsp3) is 0.333. The Kier molecular flexibility index (Phi) is 7.89. The van der Waals surface area contributed by atoms with Crippen LogP contribution in [-0.4, -0.2) is 43.9 Å². The topological polar surface area (TPSA) is 75.9 Å². The summed E-state index contributed by atoms with van der Waals surface area (Å²) in [5.41, 5.74) is 5.66. The number of para-hydroxylation sites is 1. The van der Waals surface area contributed by atoms with Gasteiger partial charge in [0, 0.05) is 36.7 Å². The summed E-state index contributed by atoms with van der Waals surface area (Å²) in [7, 11) is 0. The molecule has 0 saturated carbocycles. The minimum atomic E-state index is 0.0227. The molecule has 2 aromatic heterocycles. The molecule has 1 fully saturated rings. The van der Waals surface area contributed by atoms with Gasteiger partial charge in [-0.25, -0.2) is 4.68 Å². The molecule has 0 spiro atoms. The lowest BCUT2D eigenvalue weighted by atomic mass is 10.0. The molecule has 37 heavy (non-hydrogen) atoms. The van der Waals surface area contributed by atoms with Crippen molar-refractivity contribution in [2.24, 2.45) is 0 Å². The Balaban J connectivity index is 1.21. The molecule has 1 aliphatic heterocycles. The maximum atomic E-state index is 13.4. The van der Waals surface area contributed by atoms with E-state index in [0.29, 0.717) is 18.7 Å². The summed E-state index contributed by atoms with van der Waals surface area (Å²) in [6, 6.07) is 20.2. The smallest absolute Gasteiger partial charge is 0.256 e. The summed E-state index contributed by atoms with van der Waals surface area (Å²) in [4.78, 5) is 19.4. The number of unbranched alkanes of at least 4 members (excludes halogenated alkanes) is 3. The van der Waals surface area contributed by atoms with Gasteiger partial charge in [-0.05, 0) is 49.1 Å². The lowest BCUT2D eigenvalue weighted by molar-refractivity contribution is 0.0788. The Morgan fingerprint density at radius 1 is 1.00 bits per heavy atom. The zero-order valence-electron chi connectivity index (χ0n) is 21.4. The van der Waals surface area contributed by atoms with Gasteiger partial charge < -0.3 is 10.2 Å². The molecule has 3 heterocycles. The molecule has 1 amide bonds. The fourth-order valence-electron chi connectivity index (χ4n) is 4.87. The lowest BCUT2D eigenvalue weighted by Gasteiger charge is -2.19. The molecule has 0 unspecified atom stereocenters. The number of amides is 1. The highest BCUT2D eigenvalue weighted by atomic mass is 16.2. The van der Waals surface area contributed by atoms with Gasteiger partial charge >= 0.3 is 0 Å². The van der Waals surface area contributed by atoms with Gasteiger partial charge in [0.05, 0.1) is 23.5 Å². The molecule has 7 heteroatoms. The van der Waals surface area contributed by atoms with Crippen LogP contribution in [0.15, 0.2) is 79.3 Å². The highest BCUT2D eigenvalue weighted by molar-refractivity contribution is 6.00. The second-order valence-corrected chi connectivity index (χ2v) is 9.69. The van der Waals surface area contributed by atoms with Gasteiger partial charge in [-0.2, -0.15) is 0 Å². The first-order valence-electron chi connectivity index (χ1n) is 13.3. The summed E-state index contributed by atoms with van der Waals surface area (Å²) in [5, 5.41) is 12.2. The molecule has 0 aliphatic carbocycles. The van der Waals surface area contributed by atoms with E-state index < -0.39 is 0 Å². The van der Waals surface area contributed by atoms with E-state index in [1.54, 1.807) is 12.4 Å². The number of pyridine rings is 1. The molecule has 190 valence electrons. The molecule has 1 saturated heterocycles. The van der Waals surface area contributed by atoms with Crippen LogP contribution < -0.4 is 5.32 Å². The van der Waals surface area contributed by atoms with Crippen molar-refractivity contribution in [2.45, 2.75) is 51.5 Å². The first-order valence-corrected chi connectivity index (χ1v) is 13.3. The van der Waals surface area contributed by atoms with Crippen LogP contribution in [-0.2, 0) is 6.42 Å². The predicted molar refractivity (Wildman–Crippen MR) is 147 cm³/mol. The molecule has 0 bridgehead atoms. The second kappa shape index (κ2) is 11.8. The summed E-state index contributed by atoms with van der Waals surface area (Å²) in [6.45, 7) is 3.54. The average Bonchev–Trinajstić information content (AvgIpc) is 3.63. The minimum absolute atomic E-state index is 0.0227. The average molecular weight is 495 g/mol. The van der Waals surface area contributed by atoms with Crippen LogP contribution in [0.3, 0.4) is 0 Å². The fourth-order valence-corrected chi connectivity index (χ4v) is 4.87. The van der Waals surface area contributed by atoms with Crippen molar-refractivity contribution in [3.8, 4) is 11.3 Å². The normalized spacial score (nSPS) is 15.2. The first kappa shape index (κ1) is 24.7. The van der Waals surface area contributed by atoms with Gasteiger partial charge in [0.2, 0.25) is 0 Å². The Bertz CT molecular complexity index is 1300. The molecule has 7 nitrogen and oxygen atoms in total. The largest absolute Gasteiger partial charge is 0.355 e. The summed E-state index contributed by atoms with van der Waals surface area (Å²) < 4.78 is 1.92. The van der Waals surface area contributed by atoms with Crippen LogP contribution in [0.25, 0.3) is 11.3 Å². The molecule has 0 radical (unpaired) electrons. The summed E-state index contributed by atoms with van der Waals surface area (Å²) in [6.07, 6.45) is 12.5. The SMILES string of the molecule is CCCCCCc1ccc(-c2cn([C@@H]3CCN(C(=O)c4ccccc4Nc4ccncc4)C3)nn2)cc1. The van der Waals surface area contributed by atoms with E-state index in [0.717, 1.165) is 35.5 Å². The maximum Gasteiger partial charge on any atom is 0.256 e. The van der Waals surface area contributed by atoms with Crippen molar-refractivity contribution >= 4 is 17.3 Å². The Morgan fingerprint density at radius 2 is 1.81 bits per heavy atom. The van der Waals surface area contributed by atoms with E-state index >= 15 is 0 Å². The van der Waals surface area contributed by atoms with Crippen LogP contribution in [0.2, 0.25) is 0 Å². The van der Waals surface area contributed by atoms with E-state index in [4.69, 9.17) is 0 Å². The third kappa shape index (κ3) is 6.05. The molecule has 1 atom stereocenters. The van der Waals surface area contributed by atoms with Crippen LogP contribution in [0, 0.1) is 0 Å². The monoisotopic (exact) mass is 494 g/mol. The first-order chi connectivity index (χ1) is 18.2. The van der Waals surface area contributed by atoms with E-state index in [-0.39, 0.29) is 11.9 Å². The number of carbonyl (C=O) groups is 1. The van der Waals surface area contributed by atoms with Gasteiger partial charge in [-0.15, -0.1) is 5.10 Å². The summed E-state index contributed by atoms with van der Waals surface area (Å²) in [5.74, 6) is 0.0227. The number of nitrogens with zero attached hydrogens (tertiary/aromatic N) is 5. The van der Waals surface area contributed by atoms with Crippen molar-refractivity contribution < 1.29 is 4.79 Å². The number of rotatable bonds is 10. The number of benzene rings is 2. The van der Waals surface area contributed by atoms with Crippen molar-refractivity contribution in [2.75, 3.05) is 18.4 Å². The molecule has 5 rings (SSSR count). The molecule has 4 aromatic rings. The Labute approximate surface area is 218 Å². The van der Waals surface area contributed by atoms with Crippen molar-refractivity contribution in [1.82, 2.24) is 24.9 Å². The van der Waals surface area contributed by atoms with Gasteiger partial charge in [0.25, 0.3) is 5.91 Å². The third-order valence-electron chi connectivity index (χ3n) is 7.02. The predicted octanol–water partition coefficient (Wildman–Crippen LogP) is 6.29. The van der Waals surface area contributed by atoms with E-state index in [1.165, 1.54) is 31.2 Å². The van der Waals surface area contributed by atoms with E-state index in [1.807, 2.05) is 52.2 Å². The molecule has 2 aromatic carbocycles. The maximum absolute atomic E-state index is 13.4. The second-order valence-electron chi connectivity index (χ2n) is 9.69. The molecular formula is C30H34N6O. The highest BCUT2D eigenvalue weighted by Gasteiger charge is 2.30. The molecule has 1 N–H and O–H groups in total. The number of hydrogen-bond donors (Lipinski definition) is 1. The van der Waals surface area contributed by atoms with Gasteiger partial charge in [0.1, 0.15) is 5.69 Å². The van der Waals surface area contributed by atoms with Gasteiger partial charge in [0.15, 0.2) is 0 Å². The third-order valence-corrected chi connectivity index (χ3v) is 7.02. The number of nitrogens with one attached hydrogen (secondary N) is 1. The standard InChI is InChI=1S/C30H34N6O/c1-2-3-4-5-8-23-11-13-24(14-12-23)29-22-36(34-33-29)26-17-20-35(21-26)30(37)27-9-6-7-10-28(27)32-25-15-18-31-19-16-25/h6-7,9-16,18-19,22,26H,2-5,8,17,20-21H2,1H3,(H,31,32)/t26-/m1/s1. The number of carbonyl (C=O) groups excluding carboxylic acids is 1. The van der Waals surface area contributed by atoms with E-state index in [2.05, 4.69) is 51.8 Å². The zero-order chi connectivity index (χ0) is 25.5. The van der Waals surface area contributed by atoms with Crippen molar-refractivity contribution in [3.63, 3.8) is 0 Å². The number of likely N-dealkylation sites (tertiary alicyclic amines) is 1. The van der Waals surface area contributed by atoms with Gasteiger partial charge in [-0.1, -0.05) is 67.8 Å². The van der Waals surface area contributed by atoms with Crippen LogP contribution >= 0.6 is 0 Å². The highest BCUT2D eigenvalue weighted by Crippen LogP contribution is 2.28. The van der Waals surface area contributed by atoms with E-state index in [9.17, 15) is 4.79 Å². The zero-order valence-corrected chi connectivity index (χ0v) is 21.4. The molecule has 1 aliphatic rings. The Morgan fingerprint density at radius 3 is 2.62 bits per heavy atom. The Hall–Kier alpha value is -4.00. The van der Waals surface area contributed by atoms with Crippen LogP contribution in [0.1, 0.15) is 61.0 Å². The number of aryl methyl sites for hydroxylation is 1. The molecular weight excluding hydrogens is 460 g/mol. The van der Waals surface area contributed by atoms with Gasteiger partial charge in [-0.3, -0.25) is 9.78 Å². The number of aromatic nitrogens is 4. The van der Waals surface area contributed by atoms with Crippen molar-refractivity contribution in [3.05, 3.63) is 90.4 Å². The number of hydrogen-bond acceptors (Lipinski definition) is 5. The number of anilines is 2. The van der Waals surface area contributed by atoms with Crippen LogP contribution in [0.4, 0.5) is 11.4 Å². The van der Waals surface area contributed by atoms with Crippen molar-refractivity contribution in [1.29, 1.82) is 0 Å². The summed E-state index contributed by atoms with van der Waals surface area (Å²) >= 11 is 0. The van der Waals surface area contributed by atoms with Crippen LogP contribution in [0.5, 0.6) is 0 Å².